The highest BCUT2D eigenvalue weighted by molar-refractivity contribution is 6.34. The van der Waals surface area contributed by atoms with Crippen molar-refractivity contribution in [3.05, 3.63) is 47.1 Å². The number of esters is 1. The van der Waals surface area contributed by atoms with Crippen LogP contribution in [0.5, 0.6) is 0 Å². The topological polar surface area (TPSA) is 94.9 Å². The van der Waals surface area contributed by atoms with E-state index in [4.69, 9.17) is 25.8 Å². The van der Waals surface area contributed by atoms with Crippen LogP contribution in [0.4, 0.5) is 17.1 Å². The number of methoxy groups -OCH3 is 1. The van der Waals surface area contributed by atoms with Crippen molar-refractivity contribution >= 4 is 51.4 Å². The summed E-state index contributed by atoms with van der Waals surface area (Å²) in [6.07, 6.45) is 4.65. The first-order valence-electron chi connectivity index (χ1n) is 12.8. The molecule has 0 aliphatic carbocycles. The van der Waals surface area contributed by atoms with Crippen molar-refractivity contribution in [3.8, 4) is 0 Å². The molecule has 2 atom stereocenters. The number of nitrogens with zero attached hydrogens (tertiary/aromatic N) is 3. The molecule has 1 fully saturated rings. The van der Waals surface area contributed by atoms with E-state index in [0.717, 1.165) is 35.9 Å². The molecule has 1 amide bonds. The summed E-state index contributed by atoms with van der Waals surface area (Å²) in [5.74, 6) is -0.740. The molecule has 1 aromatic heterocycles. The lowest BCUT2D eigenvalue weighted by Gasteiger charge is -2.41. The van der Waals surface area contributed by atoms with Crippen molar-refractivity contribution < 1.29 is 23.8 Å². The molecule has 0 bridgehead atoms. The minimum absolute atomic E-state index is 0.151. The lowest BCUT2D eigenvalue weighted by atomic mass is 9.95. The van der Waals surface area contributed by atoms with Crippen molar-refractivity contribution in [2.24, 2.45) is 0 Å². The van der Waals surface area contributed by atoms with Gasteiger partial charge < -0.3 is 19.5 Å². The van der Waals surface area contributed by atoms with E-state index >= 15 is 0 Å². The molecule has 0 spiro atoms. The number of carbonyl (C=O) groups excluding carboxylic acids is 2. The van der Waals surface area contributed by atoms with Crippen molar-refractivity contribution in [2.45, 2.75) is 64.3 Å². The molecule has 0 saturated carbocycles. The third-order valence-corrected chi connectivity index (χ3v) is 7.04. The molecular weight excluding hydrogens is 508 g/mol. The van der Waals surface area contributed by atoms with Crippen LogP contribution in [0.25, 0.3) is 10.9 Å². The van der Waals surface area contributed by atoms with E-state index in [1.54, 1.807) is 57.9 Å². The number of carbonyl (C=O) groups is 2. The van der Waals surface area contributed by atoms with Crippen molar-refractivity contribution in [1.82, 2.24) is 9.78 Å². The molecule has 5 rings (SSSR count). The smallest absolute Gasteiger partial charge is 0.340 e. The van der Waals surface area contributed by atoms with Gasteiger partial charge in [0.1, 0.15) is 11.1 Å². The Kier molecular flexibility index (Phi) is 6.87. The summed E-state index contributed by atoms with van der Waals surface area (Å²) >= 11 is 6.57. The molecule has 2 aliphatic rings. The number of fused-ring (bicyclic) bond motifs is 2. The molecule has 9 nitrogen and oxygen atoms in total. The van der Waals surface area contributed by atoms with Gasteiger partial charge in [0.2, 0.25) is 0 Å². The zero-order valence-corrected chi connectivity index (χ0v) is 23.1. The fourth-order valence-electron chi connectivity index (χ4n) is 5.01. The summed E-state index contributed by atoms with van der Waals surface area (Å²) in [5, 5.41) is 9.12. The SMILES string of the molecule is COC[C@]1(C)Nc2cc3cnn(C4CCCCO4)c3cc2N(c2ccc(C(=O)OC(C)(C)C)c(Cl)c2)C1=O. The number of hydrogen-bond donors (Lipinski definition) is 1. The predicted molar refractivity (Wildman–Crippen MR) is 146 cm³/mol. The monoisotopic (exact) mass is 540 g/mol. The maximum absolute atomic E-state index is 14.0. The number of amides is 1. The summed E-state index contributed by atoms with van der Waals surface area (Å²) in [4.78, 5) is 28.3. The van der Waals surface area contributed by atoms with Gasteiger partial charge in [0.05, 0.1) is 46.0 Å². The largest absolute Gasteiger partial charge is 0.456 e. The molecule has 10 heteroatoms. The first-order chi connectivity index (χ1) is 18.0. The minimum Gasteiger partial charge on any atom is -0.456 e. The second kappa shape index (κ2) is 9.87. The standard InChI is InChI=1S/C28H33ClN4O5/c1-27(2,3)38-25(34)19-10-9-18(13-20(19)29)32-23-14-22-17(15-30-33(22)24-8-6-7-11-37-24)12-21(23)31-28(4,16-36-5)26(32)35/h9-10,12-15,24,31H,6-8,11,16H2,1-5H3/t24?,28-/m0/s1. The number of rotatable bonds is 5. The Morgan fingerprint density at radius 1 is 1.26 bits per heavy atom. The molecule has 0 radical (unpaired) electrons. The van der Waals surface area contributed by atoms with Gasteiger partial charge in [-0.05, 0) is 77.3 Å². The summed E-state index contributed by atoms with van der Waals surface area (Å²) in [6, 6.07) is 8.85. The van der Waals surface area contributed by atoms with Crippen LogP contribution < -0.4 is 10.2 Å². The van der Waals surface area contributed by atoms with Gasteiger partial charge in [-0.25, -0.2) is 9.48 Å². The molecule has 1 saturated heterocycles. The van der Waals surface area contributed by atoms with Crippen LogP contribution in [0.15, 0.2) is 36.5 Å². The van der Waals surface area contributed by atoms with Crippen LogP contribution in [-0.4, -0.2) is 53.1 Å². The van der Waals surface area contributed by atoms with Crippen molar-refractivity contribution in [3.63, 3.8) is 0 Å². The summed E-state index contributed by atoms with van der Waals surface area (Å²) in [7, 11) is 1.56. The fourth-order valence-corrected chi connectivity index (χ4v) is 5.26. The summed E-state index contributed by atoms with van der Waals surface area (Å²) in [6.45, 7) is 8.03. The number of halogens is 1. The van der Waals surface area contributed by atoms with Crippen LogP contribution in [0.3, 0.4) is 0 Å². The molecule has 38 heavy (non-hydrogen) atoms. The predicted octanol–water partition coefficient (Wildman–Crippen LogP) is 5.84. The normalized spacial score (nSPS) is 21.8. The molecule has 202 valence electrons. The second-order valence-electron chi connectivity index (χ2n) is 11.0. The van der Waals surface area contributed by atoms with E-state index in [0.29, 0.717) is 18.0 Å². The zero-order valence-electron chi connectivity index (χ0n) is 22.3. The second-order valence-corrected chi connectivity index (χ2v) is 11.4. The Morgan fingerprint density at radius 3 is 2.71 bits per heavy atom. The average molecular weight is 541 g/mol. The van der Waals surface area contributed by atoms with Gasteiger partial charge in [0.25, 0.3) is 5.91 Å². The van der Waals surface area contributed by atoms with Gasteiger partial charge in [-0.2, -0.15) is 5.10 Å². The van der Waals surface area contributed by atoms with Crippen LogP contribution in [0.2, 0.25) is 5.02 Å². The number of aromatic nitrogens is 2. The van der Waals surface area contributed by atoms with Crippen LogP contribution >= 0.6 is 11.6 Å². The Bertz CT molecular complexity index is 1390. The number of hydrogen-bond acceptors (Lipinski definition) is 7. The molecule has 1 unspecified atom stereocenters. The van der Waals surface area contributed by atoms with Gasteiger partial charge >= 0.3 is 5.97 Å². The Hall–Kier alpha value is -3.14. The summed E-state index contributed by atoms with van der Waals surface area (Å²) < 4.78 is 18.8. The molecular formula is C28H33ClN4O5. The van der Waals surface area contributed by atoms with Crippen LogP contribution in [0.1, 0.15) is 63.5 Å². The van der Waals surface area contributed by atoms with E-state index < -0.39 is 17.1 Å². The van der Waals surface area contributed by atoms with E-state index in [9.17, 15) is 9.59 Å². The van der Waals surface area contributed by atoms with Crippen LogP contribution in [0, 0.1) is 0 Å². The lowest BCUT2D eigenvalue weighted by Crippen LogP contribution is -2.56. The summed E-state index contributed by atoms with van der Waals surface area (Å²) in [5.41, 5.74) is 1.33. The minimum atomic E-state index is -1.03. The number of anilines is 3. The molecule has 2 aliphatic heterocycles. The molecule has 3 heterocycles. The maximum Gasteiger partial charge on any atom is 0.340 e. The van der Waals surface area contributed by atoms with Gasteiger partial charge in [-0.3, -0.25) is 9.69 Å². The maximum atomic E-state index is 14.0. The quantitative estimate of drug-likeness (QED) is 0.406. The molecule has 1 N–H and O–H groups in total. The average Bonchev–Trinajstić information content (AvgIpc) is 3.26. The van der Waals surface area contributed by atoms with E-state index in [-0.39, 0.29) is 29.3 Å². The fraction of sp³-hybridized carbons (Fsp3) is 0.464. The van der Waals surface area contributed by atoms with E-state index in [1.165, 1.54) is 0 Å². The highest BCUT2D eigenvalue weighted by atomic mass is 35.5. The Morgan fingerprint density at radius 2 is 2.05 bits per heavy atom. The zero-order chi connectivity index (χ0) is 27.2. The number of ether oxygens (including phenoxy) is 3. The van der Waals surface area contributed by atoms with Gasteiger partial charge in [0.15, 0.2) is 6.23 Å². The van der Waals surface area contributed by atoms with E-state index in [2.05, 4.69) is 10.4 Å². The van der Waals surface area contributed by atoms with Gasteiger partial charge in [-0.15, -0.1) is 0 Å². The van der Waals surface area contributed by atoms with Crippen molar-refractivity contribution in [2.75, 3.05) is 30.5 Å². The number of benzene rings is 2. The lowest BCUT2D eigenvalue weighted by molar-refractivity contribution is -0.123. The third-order valence-electron chi connectivity index (χ3n) is 6.73. The third kappa shape index (κ3) is 4.86. The molecule has 3 aromatic rings. The Balaban J connectivity index is 1.61. The van der Waals surface area contributed by atoms with E-state index in [1.807, 2.05) is 23.0 Å². The van der Waals surface area contributed by atoms with Crippen LogP contribution in [-0.2, 0) is 19.0 Å². The van der Waals surface area contributed by atoms with Crippen molar-refractivity contribution in [1.29, 1.82) is 0 Å². The Labute approximate surface area is 227 Å². The highest BCUT2D eigenvalue weighted by Crippen LogP contribution is 2.44. The van der Waals surface area contributed by atoms with Gasteiger partial charge in [0, 0.05) is 19.1 Å². The highest BCUT2D eigenvalue weighted by Gasteiger charge is 2.44. The first kappa shape index (κ1) is 26.5. The number of nitrogens with one attached hydrogen (secondary N) is 1. The first-order valence-corrected chi connectivity index (χ1v) is 13.2. The molecule has 2 aromatic carbocycles. The van der Waals surface area contributed by atoms with Gasteiger partial charge in [-0.1, -0.05) is 11.6 Å².